The van der Waals surface area contributed by atoms with Gasteiger partial charge in [0.2, 0.25) is 0 Å². The highest BCUT2D eigenvalue weighted by Gasteiger charge is 2.19. The van der Waals surface area contributed by atoms with Crippen LogP contribution < -0.4 is 0 Å². The summed E-state index contributed by atoms with van der Waals surface area (Å²) in [5, 5.41) is 0. The van der Waals surface area contributed by atoms with Crippen LogP contribution in [-0.4, -0.2) is 37.2 Å². The molecule has 0 aromatic carbocycles. The number of hydrogen-bond donors (Lipinski definition) is 0. The molecule has 0 bridgehead atoms. The van der Waals surface area contributed by atoms with Crippen LogP contribution in [0.3, 0.4) is 0 Å². The number of ether oxygens (including phenoxy) is 3. The number of carbonyl (C=O) groups is 3. The minimum atomic E-state index is -0.834. The normalized spacial score (nSPS) is 13.2. The van der Waals surface area contributed by atoms with E-state index in [4.69, 9.17) is 14.2 Å². The highest BCUT2D eigenvalue weighted by atomic mass is 16.6. The molecule has 0 saturated heterocycles. The number of rotatable bonds is 37. The summed E-state index contributed by atoms with van der Waals surface area (Å²) in [4.78, 5) is 37.7. The van der Waals surface area contributed by atoms with Crippen molar-refractivity contribution in [2.24, 2.45) is 0 Å². The van der Waals surface area contributed by atoms with Gasteiger partial charge < -0.3 is 14.2 Å². The first-order valence-electron chi connectivity index (χ1n) is 22.2. The summed E-state index contributed by atoms with van der Waals surface area (Å²) in [6.45, 7) is 6.19. The lowest BCUT2D eigenvalue weighted by molar-refractivity contribution is -0.167. The molecule has 0 amide bonds. The molecule has 0 aliphatic heterocycles. The van der Waals surface area contributed by atoms with Crippen molar-refractivity contribution < 1.29 is 28.6 Å². The van der Waals surface area contributed by atoms with Crippen molar-refractivity contribution >= 4 is 17.9 Å². The third kappa shape index (κ3) is 42.8. The minimum Gasteiger partial charge on any atom is -0.462 e. The second kappa shape index (κ2) is 44.5. The van der Waals surface area contributed by atoms with Gasteiger partial charge in [-0.25, -0.2) is 0 Å². The lowest BCUT2D eigenvalue weighted by atomic mass is 10.1. The second-order valence-corrected chi connectivity index (χ2v) is 14.1. The zero-order valence-corrected chi connectivity index (χ0v) is 36.0. The van der Waals surface area contributed by atoms with Crippen molar-refractivity contribution in [1.82, 2.24) is 0 Å². The van der Waals surface area contributed by atoms with Gasteiger partial charge in [0.25, 0.3) is 0 Å². The summed E-state index contributed by atoms with van der Waals surface area (Å²) < 4.78 is 16.6. The molecular weight excluding hydrogens is 709 g/mol. The molecule has 0 aliphatic rings. The van der Waals surface area contributed by atoms with Crippen LogP contribution >= 0.6 is 0 Å². The van der Waals surface area contributed by atoms with Crippen LogP contribution in [0.25, 0.3) is 0 Å². The summed E-state index contributed by atoms with van der Waals surface area (Å²) in [7, 11) is 0. The van der Waals surface area contributed by atoms with Crippen molar-refractivity contribution in [3.05, 3.63) is 122 Å². The van der Waals surface area contributed by atoms with Crippen molar-refractivity contribution in [3.63, 3.8) is 0 Å². The maximum atomic E-state index is 12.7. The maximum absolute atomic E-state index is 12.7. The molecule has 318 valence electrons. The van der Waals surface area contributed by atoms with E-state index < -0.39 is 6.10 Å². The van der Waals surface area contributed by atoms with E-state index in [1.165, 1.54) is 38.5 Å². The van der Waals surface area contributed by atoms with E-state index in [-0.39, 0.29) is 44.0 Å². The molecule has 0 spiro atoms. The lowest BCUT2D eigenvalue weighted by Gasteiger charge is -2.18. The Morgan fingerprint density at radius 2 is 0.719 bits per heavy atom. The van der Waals surface area contributed by atoms with Gasteiger partial charge in [0.05, 0.1) is 0 Å². The predicted molar refractivity (Wildman–Crippen MR) is 242 cm³/mol. The Bertz CT molecular complexity index is 1270. The molecule has 1 atom stereocenters. The first kappa shape index (κ1) is 52.8. The Morgan fingerprint density at radius 1 is 0.368 bits per heavy atom. The van der Waals surface area contributed by atoms with Crippen LogP contribution in [0.5, 0.6) is 0 Å². The SMILES string of the molecule is CC/C=C/C=C/C=C/C=C/C=C/CCCC(=O)OCC(COC(=O)CCCCC/C=C/CCCCCCCC)OC(=O)CCCCC/C=C/C=C/C=C/C=C/CC. The van der Waals surface area contributed by atoms with Gasteiger partial charge in [0, 0.05) is 19.3 Å². The Morgan fingerprint density at radius 3 is 1.19 bits per heavy atom. The van der Waals surface area contributed by atoms with E-state index in [1.54, 1.807) is 0 Å². The first-order valence-corrected chi connectivity index (χ1v) is 22.2. The van der Waals surface area contributed by atoms with Gasteiger partial charge in [-0.05, 0) is 77.0 Å². The molecule has 1 unspecified atom stereocenters. The molecule has 0 aromatic heterocycles. The lowest BCUT2D eigenvalue weighted by Crippen LogP contribution is -2.30. The number of allylic oxidation sites excluding steroid dienone is 20. The molecule has 0 aliphatic carbocycles. The number of esters is 3. The van der Waals surface area contributed by atoms with Crippen molar-refractivity contribution in [1.29, 1.82) is 0 Å². The number of unbranched alkanes of at least 4 members (excludes halogenated alkanes) is 13. The number of hydrogen-bond acceptors (Lipinski definition) is 6. The second-order valence-electron chi connectivity index (χ2n) is 14.1. The van der Waals surface area contributed by atoms with Crippen LogP contribution in [0, 0.1) is 0 Å². The fraction of sp³-hybridized carbons (Fsp3) is 0.549. The zero-order valence-electron chi connectivity index (χ0n) is 36.0. The third-order valence-electron chi connectivity index (χ3n) is 8.65. The van der Waals surface area contributed by atoms with Crippen molar-refractivity contribution in [2.45, 2.75) is 168 Å². The van der Waals surface area contributed by atoms with Crippen LogP contribution in [0.1, 0.15) is 162 Å². The maximum Gasteiger partial charge on any atom is 0.306 e. The monoisotopic (exact) mass is 787 g/mol. The van der Waals surface area contributed by atoms with Crippen LogP contribution in [0.2, 0.25) is 0 Å². The summed E-state index contributed by atoms with van der Waals surface area (Å²) in [5.74, 6) is -1.08. The van der Waals surface area contributed by atoms with Crippen LogP contribution in [0.15, 0.2) is 122 Å². The zero-order chi connectivity index (χ0) is 41.5. The first-order chi connectivity index (χ1) is 28.0. The highest BCUT2D eigenvalue weighted by molar-refractivity contribution is 5.71. The van der Waals surface area contributed by atoms with E-state index in [0.717, 1.165) is 70.6 Å². The van der Waals surface area contributed by atoms with E-state index in [1.807, 2.05) is 91.1 Å². The van der Waals surface area contributed by atoms with Gasteiger partial charge in [0.15, 0.2) is 6.10 Å². The van der Waals surface area contributed by atoms with Gasteiger partial charge >= 0.3 is 17.9 Å². The highest BCUT2D eigenvalue weighted by Crippen LogP contribution is 2.11. The minimum absolute atomic E-state index is 0.129. The summed E-state index contributed by atoms with van der Waals surface area (Å²) in [5.41, 5.74) is 0. The van der Waals surface area contributed by atoms with Crippen molar-refractivity contribution in [2.75, 3.05) is 13.2 Å². The Kier molecular flexibility index (Phi) is 41.3. The number of carbonyl (C=O) groups excluding carboxylic acids is 3. The molecular formula is C51H78O6. The summed E-state index contributed by atoms with van der Waals surface area (Å²) >= 11 is 0. The average molecular weight is 787 g/mol. The van der Waals surface area contributed by atoms with Gasteiger partial charge in [-0.1, -0.05) is 187 Å². The van der Waals surface area contributed by atoms with E-state index >= 15 is 0 Å². The largest absolute Gasteiger partial charge is 0.462 e. The Hall–Kier alpha value is -4.19. The average Bonchev–Trinajstić information content (AvgIpc) is 3.21. The molecule has 0 aromatic rings. The fourth-order valence-electron chi connectivity index (χ4n) is 5.36. The van der Waals surface area contributed by atoms with Gasteiger partial charge in [-0.3, -0.25) is 14.4 Å². The summed E-state index contributed by atoms with van der Waals surface area (Å²) in [6, 6.07) is 0. The smallest absolute Gasteiger partial charge is 0.306 e. The molecule has 0 N–H and O–H groups in total. The molecule has 0 heterocycles. The molecule has 6 heteroatoms. The molecule has 0 radical (unpaired) electrons. The molecule has 0 rings (SSSR count). The van der Waals surface area contributed by atoms with Gasteiger partial charge in [-0.15, -0.1) is 0 Å². The van der Waals surface area contributed by atoms with E-state index in [2.05, 4.69) is 51.2 Å². The molecule has 0 saturated carbocycles. The predicted octanol–water partition coefficient (Wildman–Crippen LogP) is 14.2. The van der Waals surface area contributed by atoms with Gasteiger partial charge in [0.1, 0.15) is 13.2 Å². The standard InChI is InChI=1S/C51H78O6/c1-4-7-10-13-16-19-22-25-28-31-34-37-40-43-49(52)55-46-48(57-51(54)45-42-39-36-33-30-27-24-21-18-15-12-9-6-3)47-56-50(53)44-41-38-35-32-29-26-23-20-17-14-11-8-5-2/h7,9-10,12-13,15-16,18-19,21-22,24-31,34,48H,4-6,8,11,14,17,20,23,32-33,35-47H2,1-3H3/b10-7+,12-9+,16-13+,18-15+,22-19+,24-21+,28-25+,29-26+,30-27+,34-31+. The quantitative estimate of drug-likeness (QED) is 0.0205. The van der Waals surface area contributed by atoms with Gasteiger partial charge in [-0.2, -0.15) is 0 Å². The van der Waals surface area contributed by atoms with E-state index in [9.17, 15) is 14.4 Å². The van der Waals surface area contributed by atoms with Crippen LogP contribution in [-0.2, 0) is 28.6 Å². The van der Waals surface area contributed by atoms with Crippen molar-refractivity contribution in [3.8, 4) is 0 Å². The Balaban J connectivity index is 4.62. The van der Waals surface area contributed by atoms with Crippen LogP contribution in [0.4, 0.5) is 0 Å². The summed E-state index contributed by atoms with van der Waals surface area (Å²) in [6.07, 6.45) is 60.5. The third-order valence-corrected chi connectivity index (χ3v) is 8.65. The van der Waals surface area contributed by atoms with E-state index in [0.29, 0.717) is 19.3 Å². The Labute approximate surface area is 348 Å². The molecule has 0 fully saturated rings. The topological polar surface area (TPSA) is 78.9 Å². The molecule has 57 heavy (non-hydrogen) atoms. The molecule has 6 nitrogen and oxygen atoms in total. The fourth-order valence-corrected chi connectivity index (χ4v) is 5.36.